The first kappa shape index (κ1) is 14.2. The minimum Gasteiger partial charge on any atom is -0.493 e. The lowest BCUT2D eigenvalue weighted by Crippen LogP contribution is -2.32. The number of nitrogens with zero attached hydrogens (tertiary/aromatic N) is 1. The van der Waals surface area contributed by atoms with Gasteiger partial charge in [0.25, 0.3) is 0 Å². The van der Waals surface area contributed by atoms with Gasteiger partial charge in [-0.05, 0) is 45.0 Å². The molecule has 106 valence electrons. The van der Waals surface area contributed by atoms with Crippen LogP contribution in [0.3, 0.4) is 0 Å². The molecule has 0 saturated carbocycles. The molecular formula is C15H24N2O2. The second-order valence-electron chi connectivity index (χ2n) is 5.21. The van der Waals surface area contributed by atoms with Crippen molar-refractivity contribution in [2.24, 2.45) is 11.7 Å². The van der Waals surface area contributed by atoms with Crippen LogP contribution in [0.1, 0.15) is 18.4 Å². The largest absolute Gasteiger partial charge is 0.493 e. The fourth-order valence-corrected chi connectivity index (χ4v) is 2.48. The molecule has 1 saturated heterocycles. The van der Waals surface area contributed by atoms with Crippen molar-refractivity contribution in [3.8, 4) is 11.5 Å². The molecule has 1 heterocycles. The molecule has 0 amide bonds. The van der Waals surface area contributed by atoms with E-state index < -0.39 is 0 Å². The van der Waals surface area contributed by atoms with Gasteiger partial charge in [-0.1, -0.05) is 12.1 Å². The second kappa shape index (κ2) is 6.78. The summed E-state index contributed by atoms with van der Waals surface area (Å²) in [7, 11) is 3.84. The third kappa shape index (κ3) is 3.61. The highest BCUT2D eigenvalue weighted by molar-refractivity contribution is 5.46. The van der Waals surface area contributed by atoms with Crippen molar-refractivity contribution in [2.75, 3.05) is 33.9 Å². The molecule has 0 aliphatic carbocycles. The monoisotopic (exact) mass is 264 g/mol. The molecular weight excluding hydrogens is 240 g/mol. The molecule has 0 atom stereocenters. The van der Waals surface area contributed by atoms with Crippen molar-refractivity contribution in [2.45, 2.75) is 19.4 Å². The molecule has 1 aromatic carbocycles. The van der Waals surface area contributed by atoms with Crippen molar-refractivity contribution in [3.05, 3.63) is 23.8 Å². The Labute approximate surface area is 115 Å². The first-order chi connectivity index (χ1) is 9.24. The number of rotatable bonds is 5. The lowest BCUT2D eigenvalue weighted by molar-refractivity contribution is 0.156. The van der Waals surface area contributed by atoms with E-state index in [-0.39, 0.29) is 0 Å². The minimum atomic E-state index is 0.472. The van der Waals surface area contributed by atoms with Gasteiger partial charge in [-0.3, -0.25) is 0 Å². The molecule has 1 aromatic rings. The van der Waals surface area contributed by atoms with E-state index in [1.54, 1.807) is 7.11 Å². The van der Waals surface area contributed by atoms with Crippen LogP contribution in [-0.4, -0.2) is 38.8 Å². The molecule has 0 radical (unpaired) electrons. The Morgan fingerprint density at radius 1 is 1.32 bits per heavy atom. The lowest BCUT2D eigenvalue weighted by Gasteiger charge is -2.29. The minimum absolute atomic E-state index is 0.472. The van der Waals surface area contributed by atoms with Crippen LogP contribution in [0.2, 0.25) is 0 Å². The molecule has 1 fully saturated rings. The van der Waals surface area contributed by atoms with Gasteiger partial charge >= 0.3 is 0 Å². The summed E-state index contributed by atoms with van der Waals surface area (Å²) in [4.78, 5) is 2.37. The first-order valence-electron chi connectivity index (χ1n) is 6.92. The Morgan fingerprint density at radius 2 is 2.05 bits per heavy atom. The molecule has 0 bridgehead atoms. The second-order valence-corrected chi connectivity index (χ2v) is 5.21. The number of hydrogen-bond donors (Lipinski definition) is 1. The molecule has 0 unspecified atom stereocenters. The zero-order valence-corrected chi connectivity index (χ0v) is 11.9. The quantitative estimate of drug-likeness (QED) is 0.882. The van der Waals surface area contributed by atoms with Gasteiger partial charge in [-0.15, -0.1) is 0 Å². The molecule has 1 aliphatic rings. The number of nitrogens with two attached hydrogens (primary N) is 1. The summed E-state index contributed by atoms with van der Waals surface area (Å²) in [6.45, 7) is 3.54. The van der Waals surface area contributed by atoms with E-state index >= 15 is 0 Å². The number of methoxy groups -OCH3 is 1. The normalized spacial score (nSPS) is 17.4. The molecule has 0 aromatic heterocycles. The fourth-order valence-electron chi connectivity index (χ4n) is 2.48. The van der Waals surface area contributed by atoms with E-state index in [1.165, 1.54) is 12.8 Å². The summed E-state index contributed by atoms with van der Waals surface area (Å²) in [6.07, 6.45) is 2.40. The van der Waals surface area contributed by atoms with E-state index in [1.807, 2.05) is 18.2 Å². The van der Waals surface area contributed by atoms with Gasteiger partial charge in [-0.2, -0.15) is 0 Å². The van der Waals surface area contributed by atoms with Gasteiger partial charge in [0.2, 0.25) is 0 Å². The molecule has 2 N–H and O–H groups in total. The van der Waals surface area contributed by atoms with Gasteiger partial charge in [-0.25, -0.2) is 0 Å². The van der Waals surface area contributed by atoms with Gasteiger partial charge in [0.05, 0.1) is 13.7 Å². The number of hydrogen-bond acceptors (Lipinski definition) is 4. The van der Waals surface area contributed by atoms with Crippen LogP contribution in [0.15, 0.2) is 18.2 Å². The Bertz CT molecular complexity index is 379. The third-order valence-corrected chi connectivity index (χ3v) is 3.80. The van der Waals surface area contributed by atoms with Crippen LogP contribution in [0.5, 0.6) is 11.5 Å². The van der Waals surface area contributed by atoms with Crippen molar-refractivity contribution in [1.82, 2.24) is 4.90 Å². The average molecular weight is 264 g/mol. The van der Waals surface area contributed by atoms with Gasteiger partial charge in [0.15, 0.2) is 11.5 Å². The highest BCUT2D eigenvalue weighted by atomic mass is 16.5. The van der Waals surface area contributed by atoms with E-state index in [0.717, 1.165) is 36.8 Å². The van der Waals surface area contributed by atoms with Crippen LogP contribution in [0.4, 0.5) is 0 Å². The van der Waals surface area contributed by atoms with E-state index in [2.05, 4.69) is 11.9 Å². The summed E-state index contributed by atoms with van der Waals surface area (Å²) < 4.78 is 11.4. The van der Waals surface area contributed by atoms with E-state index in [0.29, 0.717) is 12.5 Å². The van der Waals surface area contributed by atoms with Crippen LogP contribution < -0.4 is 15.2 Å². The summed E-state index contributed by atoms with van der Waals surface area (Å²) in [5.41, 5.74) is 6.77. The lowest BCUT2D eigenvalue weighted by atomic mass is 9.98. The average Bonchev–Trinajstić information content (AvgIpc) is 2.46. The van der Waals surface area contributed by atoms with Gasteiger partial charge in [0, 0.05) is 12.1 Å². The fraction of sp³-hybridized carbons (Fsp3) is 0.600. The van der Waals surface area contributed by atoms with Crippen molar-refractivity contribution in [3.63, 3.8) is 0 Å². The maximum atomic E-state index is 6.00. The Kier molecular flexibility index (Phi) is 5.05. The predicted molar refractivity (Wildman–Crippen MR) is 76.6 cm³/mol. The molecule has 4 heteroatoms. The third-order valence-electron chi connectivity index (χ3n) is 3.80. The Hall–Kier alpha value is -1.26. The highest BCUT2D eigenvalue weighted by Gasteiger charge is 2.18. The zero-order chi connectivity index (χ0) is 13.7. The number of likely N-dealkylation sites (tertiary alicyclic amines) is 1. The summed E-state index contributed by atoms with van der Waals surface area (Å²) in [5, 5.41) is 0. The SMILES string of the molecule is COc1cccc(CN)c1OCC1CCN(C)CC1. The smallest absolute Gasteiger partial charge is 0.165 e. The van der Waals surface area contributed by atoms with Crippen LogP contribution in [0, 0.1) is 5.92 Å². The topological polar surface area (TPSA) is 47.7 Å². The Balaban J connectivity index is 1.98. The molecule has 4 nitrogen and oxygen atoms in total. The zero-order valence-electron chi connectivity index (χ0n) is 11.9. The number of benzene rings is 1. The van der Waals surface area contributed by atoms with Crippen LogP contribution >= 0.6 is 0 Å². The molecule has 1 aliphatic heterocycles. The first-order valence-corrected chi connectivity index (χ1v) is 6.92. The van der Waals surface area contributed by atoms with Crippen molar-refractivity contribution < 1.29 is 9.47 Å². The van der Waals surface area contributed by atoms with Crippen molar-refractivity contribution in [1.29, 1.82) is 0 Å². The van der Waals surface area contributed by atoms with E-state index in [4.69, 9.17) is 15.2 Å². The predicted octanol–water partition coefficient (Wildman–Crippen LogP) is 1.87. The Morgan fingerprint density at radius 3 is 2.68 bits per heavy atom. The van der Waals surface area contributed by atoms with Crippen LogP contribution in [-0.2, 0) is 6.54 Å². The molecule has 0 spiro atoms. The number of para-hydroxylation sites is 1. The summed E-state index contributed by atoms with van der Waals surface area (Å²) in [5.74, 6) is 2.22. The summed E-state index contributed by atoms with van der Waals surface area (Å²) in [6, 6.07) is 5.86. The molecule has 19 heavy (non-hydrogen) atoms. The maximum Gasteiger partial charge on any atom is 0.165 e. The number of ether oxygens (including phenoxy) is 2. The maximum absolute atomic E-state index is 6.00. The van der Waals surface area contributed by atoms with Crippen LogP contribution in [0.25, 0.3) is 0 Å². The van der Waals surface area contributed by atoms with Gasteiger partial charge in [0.1, 0.15) is 0 Å². The number of piperidine rings is 1. The van der Waals surface area contributed by atoms with E-state index in [9.17, 15) is 0 Å². The van der Waals surface area contributed by atoms with Crippen molar-refractivity contribution >= 4 is 0 Å². The highest BCUT2D eigenvalue weighted by Crippen LogP contribution is 2.31. The summed E-state index contributed by atoms with van der Waals surface area (Å²) >= 11 is 0. The van der Waals surface area contributed by atoms with Gasteiger partial charge < -0.3 is 20.1 Å². The molecule has 2 rings (SSSR count). The standard InChI is InChI=1S/C15H24N2O2/c1-17-8-6-12(7-9-17)11-19-15-13(10-16)4-3-5-14(15)18-2/h3-5,12H,6-11,16H2,1-2H3.